The molecule has 1 heterocycles. The lowest BCUT2D eigenvalue weighted by Gasteiger charge is -2.34. The van der Waals surface area contributed by atoms with Crippen molar-refractivity contribution in [1.82, 2.24) is 15.1 Å². The molecule has 0 aliphatic heterocycles. The molecule has 1 fully saturated rings. The van der Waals surface area contributed by atoms with Gasteiger partial charge < -0.3 is 5.32 Å². The van der Waals surface area contributed by atoms with Gasteiger partial charge in [-0.25, -0.2) is 0 Å². The van der Waals surface area contributed by atoms with E-state index < -0.39 is 0 Å². The summed E-state index contributed by atoms with van der Waals surface area (Å²) in [5.74, 6) is 1.05. The number of aryl methyl sites for hydroxylation is 2. The highest BCUT2D eigenvalue weighted by molar-refractivity contribution is 6.34. The molecule has 1 N–H and O–H groups in total. The van der Waals surface area contributed by atoms with Crippen LogP contribution in [0.15, 0.2) is 0 Å². The van der Waals surface area contributed by atoms with Crippen molar-refractivity contribution in [3.8, 4) is 0 Å². The van der Waals surface area contributed by atoms with E-state index in [1.54, 1.807) is 11.7 Å². The molecule has 1 aromatic heterocycles. The van der Waals surface area contributed by atoms with Crippen LogP contribution in [0.3, 0.4) is 0 Å². The Morgan fingerprint density at radius 1 is 1.42 bits per heavy atom. The van der Waals surface area contributed by atoms with Crippen molar-refractivity contribution >= 4 is 17.5 Å². The molecule has 1 aliphatic rings. The third-order valence-corrected chi connectivity index (χ3v) is 4.84. The Bertz CT molecular complexity index is 483. The van der Waals surface area contributed by atoms with Crippen molar-refractivity contribution in [3.63, 3.8) is 0 Å². The number of hydrogen-bond acceptors (Lipinski definition) is 2. The van der Waals surface area contributed by atoms with Gasteiger partial charge in [-0.3, -0.25) is 9.48 Å². The average Bonchev–Trinajstić information content (AvgIpc) is 2.59. The summed E-state index contributed by atoms with van der Waals surface area (Å²) in [6.07, 6.45) is 3.47. The fraction of sp³-hybridized carbons (Fsp3) is 0.714. The van der Waals surface area contributed by atoms with Crippen molar-refractivity contribution in [1.29, 1.82) is 0 Å². The van der Waals surface area contributed by atoms with Crippen LogP contribution in [0.4, 0.5) is 0 Å². The number of amides is 1. The van der Waals surface area contributed by atoms with Gasteiger partial charge >= 0.3 is 0 Å². The standard InChI is InChI=1S/C14H22ClN3O/c1-8-6-5-7-11(9(8)2)16-14(19)13-12(15)10(3)17-18(13)4/h8-9,11H,5-7H2,1-4H3,(H,16,19)/t8-,9-,11-/m1/s1. The molecular weight excluding hydrogens is 262 g/mol. The Morgan fingerprint density at radius 2 is 2.11 bits per heavy atom. The van der Waals surface area contributed by atoms with Gasteiger partial charge in [0.15, 0.2) is 0 Å². The van der Waals surface area contributed by atoms with Gasteiger partial charge in [-0.2, -0.15) is 5.10 Å². The molecule has 1 amide bonds. The summed E-state index contributed by atoms with van der Waals surface area (Å²) < 4.78 is 1.56. The molecule has 1 saturated carbocycles. The van der Waals surface area contributed by atoms with Crippen LogP contribution in [-0.4, -0.2) is 21.7 Å². The lowest BCUT2D eigenvalue weighted by molar-refractivity contribution is 0.0881. The topological polar surface area (TPSA) is 46.9 Å². The molecule has 1 aromatic rings. The summed E-state index contributed by atoms with van der Waals surface area (Å²) in [5.41, 5.74) is 1.16. The van der Waals surface area contributed by atoms with Crippen molar-refractivity contribution in [2.75, 3.05) is 0 Å². The van der Waals surface area contributed by atoms with Crippen LogP contribution in [0.1, 0.15) is 49.3 Å². The predicted molar refractivity (Wildman–Crippen MR) is 76.4 cm³/mol. The number of nitrogens with one attached hydrogen (secondary N) is 1. The molecule has 1 aliphatic carbocycles. The summed E-state index contributed by atoms with van der Waals surface area (Å²) in [6.45, 7) is 6.28. The summed E-state index contributed by atoms with van der Waals surface area (Å²) in [6, 6.07) is 0.238. The van der Waals surface area contributed by atoms with Crippen molar-refractivity contribution in [2.45, 2.75) is 46.1 Å². The minimum absolute atomic E-state index is 0.112. The van der Waals surface area contributed by atoms with Crippen LogP contribution in [0.2, 0.25) is 5.02 Å². The van der Waals surface area contributed by atoms with Crippen LogP contribution in [0.25, 0.3) is 0 Å². The molecule has 106 valence electrons. The predicted octanol–water partition coefficient (Wildman–Crippen LogP) is 2.94. The first-order chi connectivity index (χ1) is 8.91. The van der Waals surface area contributed by atoms with Crippen LogP contribution in [-0.2, 0) is 7.05 Å². The third kappa shape index (κ3) is 2.78. The van der Waals surface area contributed by atoms with Gasteiger partial charge in [0.1, 0.15) is 5.69 Å². The number of halogens is 1. The molecule has 0 spiro atoms. The molecule has 0 aromatic carbocycles. The Kier molecular flexibility index (Phi) is 4.19. The minimum Gasteiger partial charge on any atom is -0.348 e. The third-order valence-electron chi connectivity index (χ3n) is 4.39. The Labute approximate surface area is 119 Å². The first-order valence-electron chi connectivity index (χ1n) is 6.91. The highest BCUT2D eigenvalue weighted by Crippen LogP contribution is 2.30. The highest BCUT2D eigenvalue weighted by atomic mass is 35.5. The number of nitrogens with zero attached hydrogens (tertiary/aromatic N) is 2. The van der Waals surface area contributed by atoms with Crippen LogP contribution in [0.5, 0.6) is 0 Å². The molecule has 0 bridgehead atoms. The van der Waals surface area contributed by atoms with Crippen molar-refractivity contribution in [2.24, 2.45) is 18.9 Å². The second kappa shape index (κ2) is 5.53. The van der Waals surface area contributed by atoms with E-state index in [0.717, 1.165) is 6.42 Å². The summed E-state index contributed by atoms with van der Waals surface area (Å²) >= 11 is 6.15. The molecular formula is C14H22ClN3O. The van der Waals surface area contributed by atoms with E-state index in [4.69, 9.17) is 11.6 Å². The smallest absolute Gasteiger partial charge is 0.271 e. The normalized spacial score (nSPS) is 27.3. The zero-order valence-electron chi connectivity index (χ0n) is 12.0. The van der Waals surface area contributed by atoms with E-state index in [1.807, 2.05) is 6.92 Å². The molecule has 2 rings (SSSR count). The Hall–Kier alpha value is -1.03. The lowest BCUT2D eigenvalue weighted by atomic mass is 9.78. The second-order valence-corrected chi connectivity index (χ2v) is 6.10. The van der Waals surface area contributed by atoms with E-state index in [1.165, 1.54) is 12.8 Å². The Balaban J connectivity index is 2.12. The highest BCUT2D eigenvalue weighted by Gasteiger charge is 2.29. The second-order valence-electron chi connectivity index (χ2n) is 5.72. The molecule has 0 saturated heterocycles. The van der Waals surface area contributed by atoms with E-state index in [-0.39, 0.29) is 11.9 Å². The fourth-order valence-corrected chi connectivity index (χ4v) is 3.15. The van der Waals surface area contributed by atoms with Gasteiger partial charge in [0.2, 0.25) is 0 Å². The zero-order valence-corrected chi connectivity index (χ0v) is 12.8. The molecule has 0 radical (unpaired) electrons. The van der Waals surface area contributed by atoms with Gasteiger partial charge in [0, 0.05) is 13.1 Å². The quantitative estimate of drug-likeness (QED) is 0.907. The average molecular weight is 284 g/mol. The van der Waals surface area contributed by atoms with E-state index >= 15 is 0 Å². The molecule has 19 heavy (non-hydrogen) atoms. The summed E-state index contributed by atoms with van der Waals surface area (Å²) in [5, 5.41) is 7.76. The number of aromatic nitrogens is 2. The van der Waals surface area contributed by atoms with Gasteiger partial charge in [-0.1, -0.05) is 38.3 Å². The summed E-state index contributed by atoms with van der Waals surface area (Å²) in [7, 11) is 1.75. The van der Waals surface area contributed by atoms with Gasteiger partial charge in [0.05, 0.1) is 10.7 Å². The van der Waals surface area contributed by atoms with Crippen LogP contribution >= 0.6 is 11.6 Å². The van der Waals surface area contributed by atoms with E-state index in [2.05, 4.69) is 24.3 Å². The first-order valence-corrected chi connectivity index (χ1v) is 7.29. The number of hydrogen-bond donors (Lipinski definition) is 1. The maximum atomic E-state index is 12.4. The number of carbonyl (C=O) groups is 1. The van der Waals surface area contributed by atoms with E-state index in [9.17, 15) is 4.79 Å². The monoisotopic (exact) mass is 283 g/mol. The van der Waals surface area contributed by atoms with E-state index in [0.29, 0.717) is 28.2 Å². The SMILES string of the molecule is Cc1nn(C)c(C(=O)N[C@@H]2CCC[C@@H](C)[C@H]2C)c1Cl. The molecule has 0 unspecified atom stereocenters. The minimum atomic E-state index is -0.112. The molecule has 3 atom stereocenters. The number of rotatable bonds is 2. The maximum Gasteiger partial charge on any atom is 0.271 e. The Morgan fingerprint density at radius 3 is 2.68 bits per heavy atom. The van der Waals surface area contributed by atoms with Gasteiger partial charge in [-0.05, 0) is 25.2 Å². The number of carbonyl (C=O) groups excluding carboxylic acids is 1. The molecule has 4 nitrogen and oxygen atoms in total. The zero-order chi connectivity index (χ0) is 14.2. The largest absolute Gasteiger partial charge is 0.348 e. The fourth-order valence-electron chi connectivity index (χ4n) is 2.90. The molecule has 5 heteroatoms. The van der Waals surface area contributed by atoms with Crippen molar-refractivity contribution < 1.29 is 4.79 Å². The van der Waals surface area contributed by atoms with Crippen LogP contribution < -0.4 is 5.32 Å². The summed E-state index contributed by atoms with van der Waals surface area (Å²) in [4.78, 5) is 12.4. The lowest BCUT2D eigenvalue weighted by Crippen LogP contribution is -2.44. The van der Waals surface area contributed by atoms with Gasteiger partial charge in [-0.15, -0.1) is 0 Å². The van der Waals surface area contributed by atoms with Gasteiger partial charge in [0.25, 0.3) is 5.91 Å². The maximum absolute atomic E-state index is 12.4. The van der Waals surface area contributed by atoms with Crippen molar-refractivity contribution in [3.05, 3.63) is 16.4 Å². The van der Waals surface area contributed by atoms with Crippen LogP contribution in [0, 0.1) is 18.8 Å². The first kappa shape index (κ1) is 14.4.